The average Bonchev–Trinajstić information content (AvgIpc) is 3.20. The number of unbranched alkanes of at least 4 members (excludes halogenated alkanes) is 34. The first-order valence-electron chi connectivity index (χ1n) is 24.5. The van der Waals surface area contributed by atoms with Crippen LogP contribution in [0.3, 0.4) is 0 Å². The molecule has 0 spiro atoms. The van der Waals surface area contributed by atoms with Crippen LogP contribution in [0.5, 0.6) is 0 Å². The molecule has 2 atom stereocenters. The summed E-state index contributed by atoms with van der Waals surface area (Å²) in [6, 6.07) is 0. The van der Waals surface area contributed by atoms with Gasteiger partial charge in [0.15, 0.2) is 6.10 Å². The molecular formula is C47H94NO8P. The smallest absolute Gasteiger partial charge is 0.462 e. The van der Waals surface area contributed by atoms with E-state index in [0.29, 0.717) is 6.42 Å². The van der Waals surface area contributed by atoms with Crippen LogP contribution < -0.4 is 5.73 Å². The van der Waals surface area contributed by atoms with Gasteiger partial charge in [-0.3, -0.25) is 18.6 Å². The van der Waals surface area contributed by atoms with Gasteiger partial charge in [0.1, 0.15) is 6.61 Å². The molecule has 0 fully saturated rings. The molecule has 0 saturated carbocycles. The number of hydrogen-bond donors (Lipinski definition) is 2. The number of nitrogens with two attached hydrogens (primary N) is 1. The minimum atomic E-state index is -4.37. The lowest BCUT2D eigenvalue weighted by atomic mass is 10.0. The number of hydrogen-bond acceptors (Lipinski definition) is 8. The van der Waals surface area contributed by atoms with Crippen LogP contribution >= 0.6 is 7.82 Å². The minimum absolute atomic E-state index is 0.0582. The zero-order valence-electron chi connectivity index (χ0n) is 37.6. The van der Waals surface area contributed by atoms with Gasteiger partial charge in [0.25, 0.3) is 0 Å². The van der Waals surface area contributed by atoms with E-state index in [0.717, 1.165) is 32.1 Å². The molecule has 0 aromatic carbocycles. The Bertz CT molecular complexity index is 907. The van der Waals surface area contributed by atoms with Crippen molar-refractivity contribution in [2.24, 2.45) is 5.73 Å². The van der Waals surface area contributed by atoms with E-state index in [1.165, 1.54) is 193 Å². The summed E-state index contributed by atoms with van der Waals surface area (Å²) in [6.45, 7) is 3.79. The molecule has 0 aliphatic heterocycles. The van der Waals surface area contributed by atoms with Gasteiger partial charge in [-0.05, 0) is 12.8 Å². The molecule has 3 N–H and O–H groups in total. The molecule has 2 unspecified atom stereocenters. The first-order valence-corrected chi connectivity index (χ1v) is 26.0. The van der Waals surface area contributed by atoms with E-state index in [1.54, 1.807) is 0 Å². The third-order valence-corrected chi connectivity index (χ3v) is 12.0. The van der Waals surface area contributed by atoms with Gasteiger partial charge in [0, 0.05) is 19.4 Å². The summed E-state index contributed by atoms with van der Waals surface area (Å²) < 4.78 is 32.9. The fourth-order valence-corrected chi connectivity index (χ4v) is 8.11. The quantitative estimate of drug-likeness (QED) is 0.0349. The second-order valence-electron chi connectivity index (χ2n) is 16.7. The molecule has 340 valence electrons. The topological polar surface area (TPSA) is 134 Å². The maximum Gasteiger partial charge on any atom is 0.472 e. The summed E-state index contributed by atoms with van der Waals surface area (Å²) in [5, 5.41) is 0. The SMILES string of the molecule is CCCCCCCCCCCCCCCCCCCCCCCCCC(=O)OC(COC(=O)CCCCCCCCCCCCCCC)COP(=O)(O)OCCN. The first-order chi connectivity index (χ1) is 27.8. The second-order valence-corrected chi connectivity index (χ2v) is 18.2. The first kappa shape index (κ1) is 56.0. The molecule has 10 heteroatoms. The predicted molar refractivity (Wildman–Crippen MR) is 238 cm³/mol. The van der Waals surface area contributed by atoms with E-state index in [4.69, 9.17) is 24.3 Å². The standard InChI is InChI=1S/C47H94NO8P/c1-3-5-7-9-11-13-15-17-18-19-20-21-22-23-24-25-26-28-30-32-34-36-38-40-47(50)56-45(44-55-57(51,52)54-42-41-48)43-53-46(49)39-37-35-33-31-29-27-16-14-12-10-8-6-4-2/h45H,3-44,48H2,1-2H3,(H,51,52). The Morgan fingerprint density at radius 1 is 0.456 bits per heavy atom. The molecule has 0 aromatic heterocycles. The van der Waals surface area contributed by atoms with Crippen LogP contribution in [0.25, 0.3) is 0 Å². The summed E-state index contributed by atoms with van der Waals surface area (Å²) in [5.41, 5.74) is 5.36. The summed E-state index contributed by atoms with van der Waals surface area (Å²) >= 11 is 0. The molecular weight excluding hydrogens is 737 g/mol. The number of carbonyl (C=O) groups is 2. The molecule has 9 nitrogen and oxygen atoms in total. The normalized spacial score (nSPS) is 13.1. The summed E-state index contributed by atoms with van der Waals surface area (Å²) in [4.78, 5) is 34.9. The zero-order valence-corrected chi connectivity index (χ0v) is 38.5. The number of carbonyl (C=O) groups excluding carboxylic acids is 2. The van der Waals surface area contributed by atoms with Crippen molar-refractivity contribution in [1.29, 1.82) is 0 Å². The van der Waals surface area contributed by atoms with Crippen molar-refractivity contribution in [3.8, 4) is 0 Å². The van der Waals surface area contributed by atoms with Crippen molar-refractivity contribution < 1.29 is 37.6 Å². The predicted octanol–water partition coefficient (Wildman–Crippen LogP) is 14.4. The third kappa shape index (κ3) is 44.4. The van der Waals surface area contributed by atoms with Crippen LogP contribution in [0, 0.1) is 0 Å². The van der Waals surface area contributed by atoms with Crippen LogP contribution in [-0.4, -0.2) is 49.3 Å². The minimum Gasteiger partial charge on any atom is -0.462 e. The van der Waals surface area contributed by atoms with E-state index in [9.17, 15) is 19.0 Å². The second kappa shape index (κ2) is 44.6. The Morgan fingerprint density at radius 2 is 0.754 bits per heavy atom. The van der Waals surface area contributed by atoms with Crippen LogP contribution in [-0.2, 0) is 32.7 Å². The van der Waals surface area contributed by atoms with E-state index in [-0.39, 0.29) is 38.6 Å². The molecule has 0 bridgehead atoms. The Labute approximate surface area is 352 Å². The van der Waals surface area contributed by atoms with Gasteiger partial charge >= 0.3 is 19.8 Å². The Morgan fingerprint density at radius 3 is 1.07 bits per heavy atom. The van der Waals surface area contributed by atoms with Crippen molar-refractivity contribution >= 4 is 19.8 Å². The molecule has 0 rings (SSSR count). The van der Waals surface area contributed by atoms with Crippen molar-refractivity contribution in [2.45, 2.75) is 264 Å². The largest absolute Gasteiger partial charge is 0.472 e. The van der Waals surface area contributed by atoms with Gasteiger partial charge in [-0.2, -0.15) is 0 Å². The summed E-state index contributed by atoms with van der Waals surface area (Å²) in [5.74, 6) is -0.809. The molecule has 0 heterocycles. The van der Waals surface area contributed by atoms with Crippen molar-refractivity contribution in [3.05, 3.63) is 0 Å². The number of ether oxygens (including phenoxy) is 2. The van der Waals surface area contributed by atoms with Gasteiger partial charge in [-0.25, -0.2) is 4.57 Å². The molecule has 0 aliphatic rings. The van der Waals surface area contributed by atoms with Crippen LogP contribution in [0.2, 0.25) is 0 Å². The number of phosphoric ester groups is 1. The third-order valence-electron chi connectivity index (χ3n) is 11.0. The van der Waals surface area contributed by atoms with E-state index >= 15 is 0 Å². The fraction of sp³-hybridized carbons (Fsp3) is 0.957. The highest BCUT2D eigenvalue weighted by molar-refractivity contribution is 7.47. The van der Waals surface area contributed by atoms with Crippen molar-refractivity contribution in [2.75, 3.05) is 26.4 Å². The maximum atomic E-state index is 12.6. The Kier molecular flexibility index (Phi) is 43.8. The summed E-state index contributed by atoms with van der Waals surface area (Å²) in [7, 11) is -4.37. The van der Waals surface area contributed by atoms with Crippen molar-refractivity contribution in [1.82, 2.24) is 0 Å². The molecule has 0 amide bonds. The van der Waals surface area contributed by atoms with Gasteiger partial charge < -0.3 is 20.1 Å². The highest BCUT2D eigenvalue weighted by Gasteiger charge is 2.26. The van der Waals surface area contributed by atoms with Gasteiger partial charge in [0.05, 0.1) is 13.2 Å². The molecule has 0 saturated heterocycles. The monoisotopic (exact) mass is 832 g/mol. The van der Waals surface area contributed by atoms with Gasteiger partial charge in [-0.15, -0.1) is 0 Å². The summed E-state index contributed by atoms with van der Waals surface area (Å²) in [6.07, 6.45) is 45.7. The zero-order chi connectivity index (χ0) is 41.8. The highest BCUT2D eigenvalue weighted by atomic mass is 31.2. The number of phosphoric acid groups is 1. The molecule has 0 aliphatic carbocycles. The lowest BCUT2D eigenvalue weighted by Crippen LogP contribution is -2.29. The molecule has 57 heavy (non-hydrogen) atoms. The number of esters is 2. The van der Waals surface area contributed by atoms with Crippen molar-refractivity contribution in [3.63, 3.8) is 0 Å². The molecule has 0 aromatic rings. The maximum absolute atomic E-state index is 12.6. The lowest BCUT2D eigenvalue weighted by Gasteiger charge is -2.19. The molecule has 0 radical (unpaired) electrons. The lowest BCUT2D eigenvalue weighted by molar-refractivity contribution is -0.161. The number of rotatable bonds is 47. The van der Waals surface area contributed by atoms with Crippen LogP contribution in [0.1, 0.15) is 258 Å². The Hall–Kier alpha value is -0.990. The van der Waals surface area contributed by atoms with Gasteiger partial charge in [-0.1, -0.05) is 232 Å². The fourth-order valence-electron chi connectivity index (χ4n) is 7.34. The van der Waals surface area contributed by atoms with E-state index < -0.39 is 26.5 Å². The van der Waals surface area contributed by atoms with E-state index in [2.05, 4.69) is 13.8 Å². The van der Waals surface area contributed by atoms with Crippen LogP contribution in [0.15, 0.2) is 0 Å². The highest BCUT2D eigenvalue weighted by Crippen LogP contribution is 2.43. The van der Waals surface area contributed by atoms with Crippen LogP contribution in [0.4, 0.5) is 0 Å². The van der Waals surface area contributed by atoms with E-state index in [1.807, 2.05) is 0 Å². The Balaban J connectivity index is 3.97. The average molecular weight is 832 g/mol. The van der Waals surface area contributed by atoms with Gasteiger partial charge in [0.2, 0.25) is 0 Å².